The first-order chi connectivity index (χ1) is 17.2. The van der Waals surface area contributed by atoms with Gasteiger partial charge in [-0.1, -0.05) is 73.1 Å². The van der Waals surface area contributed by atoms with E-state index >= 15 is 0 Å². The van der Waals surface area contributed by atoms with Crippen molar-refractivity contribution < 1.29 is 18.9 Å². The first kappa shape index (κ1) is 34.6. The van der Waals surface area contributed by atoms with Gasteiger partial charge in [-0.3, -0.25) is 14.4 Å². The Balaban J connectivity index is 4.98. The SMILES string of the molecule is CCCCCNC(=O)CCP(=O)(CCC(=O)NC(CC)CCCC)CCC(=O)NC(CC)CCCC. The van der Waals surface area contributed by atoms with Gasteiger partial charge in [0, 0.05) is 56.4 Å². The fourth-order valence-corrected chi connectivity index (χ4v) is 6.70. The molecule has 0 heterocycles. The first-order valence-electron chi connectivity index (χ1n) is 14.7. The molecule has 0 aliphatic heterocycles. The number of amides is 3. The zero-order chi connectivity index (χ0) is 27.2. The number of unbranched alkanes of at least 4 members (excludes halogenated alkanes) is 4. The number of carbonyl (C=O) groups is 3. The van der Waals surface area contributed by atoms with Gasteiger partial charge in [0.2, 0.25) is 17.7 Å². The molecule has 0 aliphatic rings. The maximum atomic E-state index is 13.8. The quantitative estimate of drug-likeness (QED) is 0.112. The predicted molar refractivity (Wildman–Crippen MR) is 152 cm³/mol. The number of hydrogen-bond donors (Lipinski definition) is 3. The number of rotatable bonds is 23. The van der Waals surface area contributed by atoms with E-state index in [0.717, 1.165) is 70.6 Å². The molecule has 0 aromatic heterocycles. The molecule has 0 radical (unpaired) electrons. The molecule has 212 valence electrons. The molecule has 0 aliphatic carbocycles. The summed E-state index contributed by atoms with van der Waals surface area (Å²) in [7, 11) is -2.85. The Morgan fingerprint density at radius 1 is 0.611 bits per heavy atom. The fraction of sp³-hybridized carbons (Fsp3) is 0.893. The molecule has 8 heteroatoms. The lowest BCUT2D eigenvalue weighted by molar-refractivity contribution is -0.122. The topological polar surface area (TPSA) is 104 Å². The molecule has 0 saturated heterocycles. The van der Waals surface area contributed by atoms with Crippen LogP contribution in [-0.4, -0.2) is 54.8 Å². The summed E-state index contributed by atoms with van der Waals surface area (Å²) in [6.07, 6.45) is 12.3. The molecule has 0 rings (SSSR count). The van der Waals surface area contributed by atoms with E-state index in [1.807, 2.05) is 0 Å². The largest absolute Gasteiger partial charge is 0.356 e. The van der Waals surface area contributed by atoms with Crippen LogP contribution >= 0.6 is 7.14 Å². The van der Waals surface area contributed by atoms with Crippen molar-refractivity contribution in [2.24, 2.45) is 0 Å². The van der Waals surface area contributed by atoms with Crippen molar-refractivity contribution >= 4 is 24.9 Å². The lowest BCUT2D eigenvalue weighted by atomic mass is 10.1. The highest BCUT2D eigenvalue weighted by Gasteiger charge is 2.26. The van der Waals surface area contributed by atoms with E-state index in [0.29, 0.717) is 6.54 Å². The third-order valence-corrected chi connectivity index (χ3v) is 9.99. The maximum absolute atomic E-state index is 13.8. The normalized spacial score (nSPS) is 14.5. The average Bonchev–Trinajstić information content (AvgIpc) is 2.88. The highest BCUT2D eigenvalue weighted by Crippen LogP contribution is 2.47. The summed E-state index contributed by atoms with van der Waals surface area (Å²) in [5.74, 6) is -0.272. The monoisotopic (exact) mass is 529 g/mol. The molecule has 7 nitrogen and oxygen atoms in total. The summed E-state index contributed by atoms with van der Waals surface area (Å²) >= 11 is 0. The molecule has 2 atom stereocenters. The van der Waals surface area contributed by atoms with Crippen LogP contribution in [0.15, 0.2) is 0 Å². The third-order valence-electron chi connectivity index (χ3n) is 6.87. The van der Waals surface area contributed by atoms with Gasteiger partial charge < -0.3 is 20.5 Å². The number of hydrogen-bond acceptors (Lipinski definition) is 4. The molecular formula is C28H56N3O4P. The highest BCUT2D eigenvalue weighted by molar-refractivity contribution is 7.64. The van der Waals surface area contributed by atoms with E-state index in [1.54, 1.807) is 0 Å². The van der Waals surface area contributed by atoms with Gasteiger partial charge in [-0.15, -0.1) is 0 Å². The van der Waals surface area contributed by atoms with Crippen LogP contribution in [0.3, 0.4) is 0 Å². The van der Waals surface area contributed by atoms with Gasteiger partial charge in [0.25, 0.3) is 0 Å². The molecule has 0 aromatic carbocycles. The van der Waals surface area contributed by atoms with E-state index in [4.69, 9.17) is 0 Å². The highest BCUT2D eigenvalue weighted by atomic mass is 31.2. The molecule has 0 aromatic rings. The van der Waals surface area contributed by atoms with Crippen LogP contribution in [0.2, 0.25) is 0 Å². The fourth-order valence-electron chi connectivity index (χ4n) is 4.20. The minimum atomic E-state index is -2.85. The van der Waals surface area contributed by atoms with Crippen LogP contribution < -0.4 is 16.0 Å². The van der Waals surface area contributed by atoms with Gasteiger partial charge in [0.1, 0.15) is 0 Å². The maximum Gasteiger partial charge on any atom is 0.220 e. The summed E-state index contributed by atoms with van der Waals surface area (Å²) in [6.45, 7) is 11.1. The van der Waals surface area contributed by atoms with Crippen molar-refractivity contribution in [3.63, 3.8) is 0 Å². The van der Waals surface area contributed by atoms with Crippen molar-refractivity contribution in [1.29, 1.82) is 0 Å². The molecule has 0 spiro atoms. The van der Waals surface area contributed by atoms with E-state index in [-0.39, 0.29) is 67.6 Å². The summed E-state index contributed by atoms with van der Waals surface area (Å²) < 4.78 is 13.8. The summed E-state index contributed by atoms with van der Waals surface area (Å²) in [5, 5.41) is 9.06. The number of nitrogens with one attached hydrogen (secondary N) is 3. The minimum Gasteiger partial charge on any atom is -0.356 e. The van der Waals surface area contributed by atoms with Crippen LogP contribution in [0, 0.1) is 0 Å². The standard InChI is InChI=1S/C28H56N3O4P/c1-6-11-14-20-29-26(32)17-21-36(35,22-18-27(33)30-24(9-4)15-12-7-2)23-19-28(34)31-25(10-5)16-13-8-3/h24-25H,6-23H2,1-5H3,(H,29,32)(H,30,33)(H,31,34). The summed E-state index contributed by atoms with van der Waals surface area (Å²) in [4.78, 5) is 37.5. The van der Waals surface area contributed by atoms with Crippen molar-refractivity contribution in [2.45, 2.75) is 137 Å². The van der Waals surface area contributed by atoms with Crippen LogP contribution in [-0.2, 0) is 18.9 Å². The second-order valence-corrected chi connectivity index (χ2v) is 13.6. The van der Waals surface area contributed by atoms with E-state index in [1.165, 1.54) is 0 Å². The lowest BCUT2D eigenvalue weighted by Crippen LogP contribution is -2.35. The van der Waals surface area contributed by atoms with E-state index < -0.39 is 7.14 Å². The zero-order valence-corrected chi connectivity index (χ0v) is 24.9. The molecule has 2 unspecified atom stereocenters. The van der Waals surface area contributed by atoms with Gasteiger partial charge in [-0.05, 0) is 32.1 Å². The van der Waals surface area contributed by atoms with Crippen LogP contribution in [0.1, 0.15) is 125 Å². The molecule has 0 fully saturated rings. The summed E-state index contributed by atoms with van der Waals surface area (Å²) in [5.41, 5.74) is 0. The second-order valence-electron chi connectivity index (χ2n) is 10.2. The van der Waals surface area contributed by atoms with E-state index in [9.17, 15) is 18.9 Å². The molecule has 0 saturated carbocycles. The Morgan fingerprint density at radius 3 is 1.42 bits per heavy atom. The third kappa shape index (κ3) is 18.0. The van der Waals surface area contributed by atoms with Crippen molar-refractivity contribution in [3.05, 3.63) is 0 Å². The van der Waals surface area contributed by atoms with Crippen molar-refractivity contribution in [2.75, 3.05) is 25.0 Å². The smallest absolute Gasteiger partial charge is 0.220 e. The molecule has 0 bridgehead atoms. The van der Waals surface area contributed by atoms with Gasteiger partial charge in [0.15, 0.2) is 0 Å². The Morgan fingerprint density at radius 2 is 1.03 bits per heavy atom. The van der Waals surface area contributed by atoms with E-state index in [2.05, 4.69) is 50.6 Å². The molecule has 36 heavy (non-hydrogen) atoms. The Labute approximate surface area is 221 Å². The molecule has 3 amide bonds. The van der Waals surface area contributed by atoms with Crippen LogP contribution in [0.5, 0.6) is 0 Å². The Hall–Kier alpha value is -1.36. The number of carbonyl (C=O) groups excluding carboxylic acids is 3. The van der Waals surface area contributed by atoms with Crippen LogP contribution in [0.4, 0.5) is 0 Å². The first-order valence-corrected chi connectivity index (χ1v) is 16.9. The van der Waals surface area contributed by atoms with Crippen LogP contribution in [0.25, 0.3) is 0 Å². The molecular weight excluding hydrogens is 473 g/mol. The predicted octanol–water partition coefficient (Wildman–Crippen LogP) is 6.00. The Kier molecular flexibility index (Phi) is 20.9. The van der Waals surface area contributed by atoms with Gasteiger partial charge >= 0.3 is 0 Å². The Bertz CT molecular complexity index is 619. The minimum absolute atomic E-state index is 0.0859. The van der Waals surface area contributed by atoms with Gasteiger partial charge in [0.05, 0.1) is 7.14 Å². The van der Waals surface area contributed by atoms with Gasteiger partial charge in [-0.2, -0.15) is 0 Å². The summed E-state index contributed by atoms with van der Waals surface area (Å²) in [6, 6.07) is 0.288. The van der Waals surface area contributed by atoms with Gasteiger partial charge in [-0.25, -0.2) is 0 Å². The van der Waals surface area contributed by atoms with Crippen molar-refractivity contribution in [1.82, 2.24) is 16.0 Å². The average molecular weight is 530 g/mol. The molecule has 3 N–H and O–H groups in total. The lowest BCUT2D eigenvalue weighted by Gasteiger charge is -2.21. The van der Waals surface area contributed by atoms with Crippen molar-refractivity contribution in [3.8, 4) is 0 Å². The second kappa shape index (κ2) is 21.7. The zero-order valence-electron chi connectivity index (χ0n) is 24.0.